The highest BCUT2D eigenvalue weighted by atomic mass is 16.5. The van der Waals surface area contributed by atoms with Crippen LogP contribution in [0, 0.1) is 0 Å². The van der Waals surface area contributed by atoms with E-state index in [1.165, 1.54) is 23.7 Å². The summed E-state index contributed by atoms with van der Waals surface area (Å²) in [6.45, 7) is 6.87. The molecule has 5 heteroatoms. The maximum absolute atomic E-state index is 11.2. The third kappa shape index (κ3) is 4.08. The zero-order valence-electron chi connectivity index (χ0n) is 15.9. The van der Waals surface area contributed by atoms with E-state index < -0.39 is 0 Å². The van der Waals surface area contributed by atoms with Crippen LogP contribution in [0.3, 0.4) is 0 Å². The van der Waals surface area contributed by atoms with Gasteiger partial charge in [0, 0.05) is 25.6 Å². The minimum absolute atomic E-state index is 0.00214. The van der Waals surface area contributed by atoms with Crippen LogP contribution in [0.4, 0.5) is 5.69 Å². The van der Waals surface area contributed by atoms with E-state index in [1.54, 1.807) is 0 Å². The molecule has 2 aromatic carbocycles. The molecule has 0 spiro atoms. The summed E-state index contributed by atoms with van der Waals surface area (Å²) in [6, 6.07) is 14.6. The Balaban J connectivity index is 1.35. The molecule has 2 atom stereocenters. The lowest BCUT2D eigenvalue weighted by molar-refractivity contribution is -0.119. The van der Waals surface area contributed by atoms with E-state index in [-0.39, 0.29) is 18.1 Å². The molecule has 1 N–H and O–H groups in total. The first-order chi connectivity index (χ1) is 13.1. The summed E-state index contributed by atoms with van der Waals surface area (Å²) in [4.78, 5) is 13.6. The van der Waals surface area contributed by atoms with Crippen molar-refractivity contribution < 1.29 is 14.3 Å². The van der Waals surface area contributed by atoms with Crippen molar-refractivity contribution in [2.45, 2.75) is 45.6 Å². The van der Waals surface area contributed by atoms with Gasteiger partial charge in [0.25, 0.3) is 0 Å². The second-order valence-electron chi connectivity index (χ2n) is 7.41. The summed E-state index contributed by atoms with van der Waals surface area (Å²) in [5.41, 5.74) is 4.94. The Labute approximate surface area is 160 Å². The Kier molecular flexibility index (Phi) is 5.03. The zero-order chi connectivity index (χ0) is 18.8. The van der Waals surface area contributed by atoms with Crippen LogP contribution in [0.15, 0.2) is 42.5 Å². The molecular weight excluding hydrogens is 340 g/mol. The van der Waals surface area contributed by atoms with Gasteiger partial charge in [0.2, 0.25) is 5.91 Å². The molecule has 0 aliphatic carbocycles. The first-order valence-electron chi connectivity index (χ1n) is 9.57. The topological polar surface area (TPSA) is 50.8 Å². The zero-order valence-corrected chi connectivity index (χ0v) is 15.9. The van der Waals surface area contributed by atoms with Crippen molar-refractivity contribution in [3.63, 3.8) is 0 Å². The Morgan fingerprint density at radius 1 is 1.19 bits per heavy atom. The second kappa shape index (κ2) is 7.61. The first kappa shape index (κ1) is 17.9. The van der Waals surface area contributed by atoms with Gasteiger partial charge < -0.3 is 19.7 Å². The lowest BCUT2D eigenvalue weighted by atomic mass is 10.1. The maximum Gasteiger partial charge on any atom is 0.217 e. The number of hydrogen-bond donors (Lipinski definition) is 1. The quantitative estimate of drug-likeness (QED) is 0.879. The van der Waals surface area contributed by atoms with E-state index in [0.717, 1.165) is 44.0 Å². The molecule has 2 aromatic rings. The Hall–Kier alpha value is -2.53. The molecule has 1 saturated heterocycles. The van der Waals surface area contributed by atoms with Crippen molar-refractivity contribution in [3.05, 3.63) is 59.2 Å². The second-order valence-corrected chi connectivity index (χ2v) is 7.41. The first-order valence-corrected chi connectivity index (χ1v) is 9.57. The number of amides is 1. The van der Waals surface area contributed by atoms with Crippen LogP contribution >= 0.6 is 0 Å². The van der Waals surface area contributed by atoms with Crippen LogP contribution in [0.2, 0.25) is 0 Å². The maximum atomic E-state index is 11.2. The number of nitrogens with zero attached hydrogens (tertiary/aromatic N) is 1. The summed E-state index contributed by atoms with van der Waals surface area (Å²) in [5, 5.41) is 2.90. The highest BCUT2D eigenvalue weighted by Gasteiger charge is 2.25. The van der Waals surface area contributed by atoms with Gasteiger partial charge in [-0.15, -0.1) is 0 Å². The SMILES string of the molecule is CC(=O)N[C@@H](C)c1ccc(OC2CCN(c3ccc4c(c3)COC4)C2)cc1. The standard InChI is InChI=1S/C22H26N2O3/c1-15(23-16(2)25)17-4-7-21(8-5-17)27-22-9-10-24(12-22)20-6-3-18-13-26-14-19(18)11-20/h3-8,11,15,22H,9-10,12-14H2,1-2H3,(H,23,25)/t15-,22?/m0/s1. The van der Waals surface area contributed by atoms with E-state index in [2.05, 4.69) is 28.4 Å². The minimum atomic E-state index is -0.0213. The lowest BCUT2D eigenvalue weighted by Gasteiger charge is -2.20. The van der Waals surface area contributed by atoms with E-state index in [4.69, 9.17) is 9.47 Å². The van der Waals surface area contributed by atoms with E-state index in [0.29, 0.717) is 0 Å². The fraction of sp³-hybridized carbons (Fsp3) is 0.409. The van der Waals surface area contributed by atoms with Crippen LogP contribution in [-0.2, 0) is 22.7 Å². The van der Waals surface area contributed by atoms with Crippen LogP contribution < -0.4 is 15.0 Å². The molecule has 5 nitrogen and oxygen atoms in total. The number of fused-ring (bicyclic) bond motifs is 1. The molecule has 0 radical (unpaired) electrons. The molecular formula is C22H26N2O3. The molecule has 2 aliphatic heterocycles. The molecule has 1 amide bonds. The number of ether oxygens (including phenoxy) is 2. The average Bonchev–Trinajstić information content (AvgIpc) is 3.30. The minimum Gasteiger partial charge on any atom is -0.489 e. The summed E-state index contributed by atoms with van der Waals surface area (Å²) < 4.78 is 11.7. The third-order valence-corrected chi connectivity index (χ3v) is 5.32. The monoisotopic (exact) mass is 366 g/mol. The number of hydrogen-bond acceptors (Lipinski definition) is 4. The summed E-state index contributed by atoms with van der Waals surface area (Å²) >= 11 is 0. The average molecular weight is 366 g/mol. The van der Waals surface area contributed by atoms with Crippen molar-refractivity contribution >= 4 is 11.6 Å². The molecule has 0 saturated carbocycles. The fourth-order valence-corrected chi connectivity index (χ4v) is 3.83. The van der Waals surface area contributed by atoms with Crippen LogP contribution in [0.5, 0.6) is 5.75 Å². The predicted octanol–water partition coefficient (Wildman–Crippen LogP) is 3.57. The number of benzene rings is 2. The normalized spacial score (nSPS) is 19.6. The van der Waals surface area contributed by atoms with E-state index in [1.807, 2.05) is 31.2 Å². The summed E-state index contributed by atoms with van der Waals surface area (Å²) in [7, 11) is 0. The number of anilines is 1. The van der Waals surface area contributed by atoms with Crippen molar-refractivity contribution in [3.8, 4) is 5.75 Å². The number of carbonyl (C=O) groups excluding carboxylic acids is 1. The van der Waals surface area contributed by atoms with Crippen molar-refractivity contribution in [1.29, 1.82) is 0 Å². The lowest BCUT2D eigenvalue weighted by Crippen LogP contribution is -2.25. The predicted molar refractivity (Wildman–Crippen MR) is 105 cm³/mol. The van der Waals surface area contributed by atoms with Gasteiger partial charge in [0.15, 0.2) is 0 Å². The third-order valence-electron chi connectivity index (χ3n) is 5.32. The number of rotatable bonds is 5. The van der Waals surface area contributed by atoms with Crippen LogP contribution in [-0.4, -0.2) is 25.1 Å². The molecule has 0 bridgehead atoms. The summed E-state index contributed by atoms with van der Waals surface area (Å²) in [5.74, 6) is 0.856. The Bertz CT molecular complexity index is 819. The van der Waals surface area contributed by atoms with Gasteiger partial charge in [-0.3, -0.25) is 4.79 Å². The van der Waals surface area contributed by atoms with Gasteiger partial charge >= 0.3 is 0 Å². The number of carbonyl (C=O) groups is 1. The summed E-state index contributed by atoms with van der Waals surface area (Å²) in [6.07, 6.45) is 1.20. The molecule has 1 unspecified atom stereocenters. The van der Waals surface area contributed by atoms with Gasteiger partial charge in [-0.2, -0.15) is 0 Å². The molecule has 0 aromatic heterocycles. The fourth-order valence-electron chi connectivity index (χ4n) is 3.83. The molecule has 2 heterocycles. The highest BCUT2D eigenvalue weighted by molar-refractivity contribution is 5.73. The Morgan fingerprint density at radius 3 is 2.74 bits per heavy atom. The number of nitrogens with one attached hydrogen (secondary N) is 1. The van der Waals surface area contributed by atoms with E-state index in [9.17, 15) is 4.79 Å². The molecule has 142 valence electrons. The van der Waals surface area contributed by atoms with Crippen molar-refractivity contribution in [1.82, 2.24) is 5.32 Å². The van der Waals surface area contributed by atoms with Crippen molar-refractivity contribution in [2.75, 3.05) is 18.0 Å². The largest absolute Gasteiger partial charge is 0.489 e. The molecule has 2 aliphatic rings. The highest BCUT2D eigenvalue weighted by Crippen LogP contribution is 2.29. The Morgan fingerprint density at radius 2 is 1.96 bits per heavy atom. The smallest absolute Gasteiger partial charge is 0.217 e. The molecule has 1 fully saturated rings. The van der Waals surface area contributed by atoms with E-state index >= 15 is 0 Å². The molecule has 27 heavy (non-hydrogen) atoms. The molecule has 4 rings (SSSR count). The van der Waals surface area contributed by atoms with Gasteiger partial charge in [-0.05, 0) is 47.9 Å². The van der Waals surface area contributed by atoms with Gasteiger partial charge in [-0.1, -0.05) is 18.2 Å². The van der Waals surface area contributed by atoms with Crippen molar-refractivity contribution in [2.24, 2.45) is 0 Å². The van der Waals surface area contributed by atoms with Crippen LogP contribution in [0.25, 0.3) is 0 Å². The van der Waals surface area contributed by atoms with Gasteiger partial charge in [-0.25, -0.2) is 0 Å². The van der Waals surface area contributed by atoms with Crippen LogP contribution in [0.1, 0.15) is 43.0 Å². The van der Waals surface area contributed by atoms with Gasteiger partial charge in [0.1, 0.15) is 11.9 Å². The van der Waals surface area contributed by atoms with Gasteiger partial charge in [0.05, 0.1) is 25.8 Å².